The lowest BCUT2D eigenvalue weighted by molar-refractivity contribution is 0.138. The molecule has 1 aliphatic rings. The van der Waals surface area contributed by atoms with Crippen LogP contribution < -0.4 is 10.1 Å². The van der Waals surface area contributed by atoms with Gasteiger partial charge in [-0.25, -0.2) is 8.78 Å². The summed E-state index contributed by atoms with van der Waals surface area (Å²) in [4.78, 5) is 0. The van der Waals surface area contributed by atoms with Crippen LogP contribution in [0.1, 0.15) is 19.8 Å². The van der Waals surface area contributed by atoms with E-state index in [-0.39, 0.29) is 11.9 Å². The van der Waals surface area contributed by atoms with Gasteiger partial charge in [0.1, 0.15) is 11.9 Å². The fourth-order valence-electron chi connectivity index (χ4n) is 1.94. The Balaban J connectivity index is 2.05. The first kappa shape index (κ1) is 11.3. The van der Waals surface area contributed by atoms with E-state index in [4.69, 9.17) is 4.74 Å². The van der Waals surface area contributed by atoms with Crippen LogP contribution in [-0.4, -0.2) is 18.7 Å². The van der Waals surface area contributed by atoms with Gasteiger partial charge in [0.05, 0.1) is 0 Å². The Morgan fingerprint density at radius 1 is 1.38 bits per heavy atom. The Bertz CT molecular complexity index is 370. The van der Waals surface area contributed by atoms with Crippen LogP contribution in [0.3, 0.4) is 0 Å². The summed E-state index contributed by atoms with van der Waals surface area (Å²) < 4.78 is 31.7. The number of halogens is 2. The molecule has 1 heterocycles. The minimum absolute atomic E-state index is 0.0131. The molecule has 2 unspecified atom stereocenters. The number of piperidine rings is 1. The summed E-state index contributed by atoms with van der Waals surface area (Å²) in [5.41, 5.74) is 0. The van der Waals surface area contributed by atoms with Crippen molar-refractivity contribution in [2.75, 3.05) is 6.54 Å². The highest BCUT2D eigenvalue weighted by Gasteiger charge is 2.20. The molecule has 0 bridgehead atoms. The van der Waals surface area contributed by atoms with Crippen LogP contribution in [0.15, 0.2) is 18.2 Å². The Morgan fingerprint density at radius 3 is 2.94 bits per heavy atom. The molecule has 1 N–H and O–H groups in total. The average molecular weight is 227 g/mol. The quantitative estimate of drug-likeness (QED) is 0.838. The van der Waals surface area contributed by atoms with Gasteiger partial charge in [-0.15, -0.1) is 0 Å². The maximum Gasteiger partial charge on any atom is 0.165 e. The van der Waals surface area contributed by atoms with Crippen LogP contribution in [0.2, 0.25) is 0 Å². The van der Waals surface area contributed by atoms with E-state index in [0.717, 1.165) is 37.6 Å². The van der Waals surface area contributed by atoms with Crippen LogP contribution >= 0.6 is 0 Å². The Hall–Kier alpha value is -1.16. The molecule has 2 nitrogen and oxygen atoms in total. The monoisotopic (exact) mass is 227 g/mol. The Morgan fingerprint density at radius 2 is 2.19 bits per heavy atom. The predicted molar refractivity (Wildman–Crippen MR) is 57.5 cm³/mol. The third-order valence-corrected chi connectivity index (χ3v) is 2.76. The lowest BCUT2D eigenvalue weighted by Gasteiger charge is -2.28. The van der Waals surface area contributed by atoms with Crippen molar-refractivity contribution in [3.63, 3.8) is 0 Å². The zero-order chi connectivity index (χ0) is 11.5. The minimum atomic E-state index is -0.507. The van der Waals surface area contributed by atoms with Gasteiger partial charge < -0.3 is 10.1 Å². The Labute approximate surface area is 93.6 Å². The van der Waals surface area contributed by atoms with Crippen molar-refractivity contribution < 1.29 is 13.5 Å². The molecule has 0 amide bonds. The number of benzene rings is 1. The van der Waals surface area contributed by atoms with Crippen LogP contribution in [0, 0.1) is 11.6 Å². The Kier molecular flexibility index (Phi) is 3.39. The van der Waals surface area contributed by atoms with Crippen molar-refractivity contribution in [1.82, 2.24) is 5.32 Å². The largest absolute Gasteiger partial charge is 0.487 e. The summed E-state index contributed by atoms with van der Waals surface area (Å²) in [5.74, 6) is -0.968. The summed E-state index contributed by atoms with van der Waals surface area (Å²) in [7, 11) is 0. The summed E-state index contributed by atoms with van der Waals surface area (Å²) in [6, 6.07) is 3.64. The summed E-state index contributed by atoms with van der Waals surface area (Å²) in [6.07, 6.45) is 1.60. The molecule has 2 atom stereocenters. The van der Waals surface area contributed by atoms with Gasteiger partial charge in [0, 0.05) is 12.1 Å². The first-order valence-electron chi connectivity index (χ1n) is 5.50. The first-order valence-corrected chi connectivity index (χ1v) is 5.50. The molecule has 0 radical (unpaired) electrons. The van der Waals surface area contributed by atoms with Gasteiger partial charge in [0.25, 0.3) is 0 Å². The average Bonchev–Trinajstić information content (AvgIpc) is 2.24. The fraction of sp³-hybridized carbons (Fsp3) is 0.500. The van der Waals surface area contributed by atoms with Crippen molar-refractivity contribution in [1.29, 1.82) is 0 Å². The number of rotatable bonds is 2. The van der Waals surface area contributed by atoms with Gasteiger partial charge in [-0.05, 0) is 38.4 Å². The third kappa shape index (κ3) is 2.70. The van der Waals surface area contributed by atoms with Crippen LogP contribution in [-0.2, 0) is 0 Å². The van der Waals surface area contributed by atoms with E-state index >= 15 is 0 Å². The lowest BCUT2D eigenvalue weighted by Crippen LogP contribution is -2.40. The molecule has 4 heteroatoms. The molecule has 1 fully saturated rings. The smallest absolute Gasteiger partial charge is 0.165 e. The molecule has 88 valence electrons. The molecule has 0 spiro atoms. The van der Waals surface area contributed by atoms with E-state index in [0.29, 0.717) is 6.04 Å². The topological polar surface area (TPSA) is 21.3 Å². The van der Waals surface area contributed by atoms with Crippen molar-refractivity contribution in [3.8, 4) is 5.75 Å². The maximum atomic E-state index is 13.3. The maximum absolute atomic E-state index is 13.3. The van der Waals surface area contributed by atoms with Crippen molar-refractivity contribution in [3.05, 3.63) is 29.8 Å². The summed E-state index contributed by atoms with van der Waals surface area (Å²) >= 11 is 0. The molecular weight excluding hydrogens is 212 g/mol. The number of hydrogen-bond donors (Lipinski definition) is 1. The zero-order valence-corrected chi connectivity index (χ0v) is 9.17. The van der Waals surface area contributed by atoms with Gasteiger partial charge in [0.2, 0.25) is 0 Å². The molecule has 16 heavy (non-hydrogen) atoms. The van der Waals surface area contributed by atoms with Crippen LogP contribution in [0.5, 0.6) is 5.75 Å². The van der Waals surface area contributed by atoms with Crippen molar-refractivity contribution >= 4 is 0 Å². The summed E-state index contributed by atoms with van der Waals surface area (Å²) in [6.45, 7) is 2.90. The van der Waals surface area contributed by atoms with Gasteiger partial charge in [-0.3, -0.25) is 0 Å². The summed E-state index contributed by atoms with van der Waals surface area (Å²) in [5, 5.41) is 3.28. The van der Waals surface area contributed by atoms with Crippen molar-refractivity contribution in [2.24, 2.45) is 0 Å². The number of nitrogens with one attached hydrogen (secondary N) is 1. The normalized spacial score (nSPS) is 25.4. The molecule has 0 saturated carbocycles. The fourth-order valence-corrected chi connectivity index (χ4v) is 1.94. The van der Waals surface area contributed by atoms with Crippen molar-refractivity contribution in [2.45, 2.75) is 31.9 Å². The SMILES string of the molecule is CC1CC(Oc2cc(F)ccc2F)CCN1. The highest BCUT2D eigenvalue weighted by Crippen LogP contribution is 2.22. The van der Waals surface area contributed by atoms with E-state index < -0.39 is 11.6 Å². The predicted octanol–water partition coefficient (Wildman–Crippen LogP) is 2.48. The van der Waals surface area contributed by atoms with E-state index in [1.807, 2.05) is 0 Å². The number of ether oxygens (including phenoxy) is 1. The molecule has 1 saturated heterocycles. The second kappa shape index (κ2) is 4.78. The molecule has 1 aliphatic heterocycles. The highest BCUT2D eigenvalue weighted by molar-refractivity contribution is 5.25. The molecule has 0 aromatic heterocycles. The van der Waals surface area contributed by atoms with E-state index in [1.54, 1.807) is 0 Å². The molecule has 2 rings (SSSR count). The van der Waals surface area contributed by atoms with Gasteiger partial charge in [-0.2, -0.15) is 0 Å². The second-order valence-electron chi connectivity index (χ2n) is 4.19. The zero-order valence-electron chi connectivity index (χ0n) is 9.17. The highest BCUT2D eigenvalue weighted by atomic mass is 19.1. The second-order valence-corrected chi connectivity index (χ2v) is 4.19. The van der Waals surface area contributed by atoms with Crippen LogP contribution in [0.25, 0.3) is 0 Å². The van der Waals surface area contributed by atoms with E-state index in [2.05, 4.69) is 12.2 Å². The van der Waals surface area contributed by atoms with Gasteiger partial charge in [-0.1, -0.05) is 0 Å². The van der Waals surface area contributed by atoms with E-state index in [9.17, 15) is 8.78 Å². The van der Waals surface area contributed by atoms with Gasteiger partial charge in [0.15, 0.2) is 11.6 Å². The lowest BCUT2D eigenvalue weighted by atomic mass is 10.0. The molecule has 1 aromatic carbocycles. The van der Waals surface area contributed by atoms with Crippen LogP contribution in [0.4, 0.5) is 8.78 Å². The minimum Gasteiger partial charge on any atom is -0.487 e. The molecule has 0 aliphatic carbocycles. The van der Waals surface area contributed by atoms with Gasteiger partial charge >= 0.3 is 0 Å². The first-order chi connectivity index (χ1) is 7.65. The standard InChI is InChI=1S/C12H15F2NO/c1-8-6-10(4-5-15-8)16-12-7-9(13)2-3-11(12)14/h2-3,7-8,10,15H,4-6H2,1H3. The molecule has 1 aromatic rings. The molecular formula is C12H15F2NO. The third-order valence-electron chi connectivity index (χ3n) is 2.76. The van der Waals surface area contributed by atoms with E-state index in [1.165, 1.54) is 0 Å². The number of hydrogen-bond acceptors (Lipinski definition) is 2.